The predicted molar refractivity (Wildman–Crippen MR) is 106 cm³/mol. The van der Waals surface area contributed by atoms with Crippen LogP contribution in [0.2, 0.25) is 0 Å². The quantitative estimate of drug-likeness (QED) is 0.792. The first kappa shape index (κ1) is 22.5. The van der Waals surface area contributed by atoms with Gasteiger partial charge in [0.1, 0.15) is 17.3 Å². The molecule has 1 saturated heterocycles. The fraction of sp³-hybridized carbons (Fsp3) is 0.450. The number of hydrogen-bond donors (Lipinski definition) is 2. The van der Waals surface area contributed by atoms with Gasteiger partial charge in [-0.15, -0.1) is 0 Å². The van der Waals surface area contributed by atoms with Crippen molar-refractivity contribution in [3.8, 4) is 11.3 Å². The first-order valence-corrected chi connectivity index (χ1v) is 8.81. The highest BCUT2D eigenvalue weighted by Crippen LogP contribution is 2.28. The first-order chi connectivity index (χ1) is 12.6. The molecule has 1 aliphatic heterocycles. The van der Waals surface area contributed by atoms with E-state index < -0.39 is 11.8 Å². The Morgan fingerprint density at radius 1 is 1.37 bits per heavy atom. The number of esters is 1. The topological polar surface area (TPSA) is 90.1 Å². The van der Waals surface area contributed by atoms with Crippen molar-refractivity contribution < 1.29 is 13.9 Å². The lowest BCUT2D eigenvalue weighted by atomic mass is 9.96. The van der Waals surface area contributed by atoms with E-state index >= 15 is 0 Å². The van der Waals surface area contributed by atoms with Gasteiger partial charge in [0, 0.05) is 18.0 Å². The summed E-state index contributed by atoms with van der Waals surface area (Å²) < 4.78 is 18.7. The number of nitrogens with zero attached hydrogens (tertiary/aromatic N) is 2. The minimum atomic E-state index is -0.722. The Labute approximate surface area is 160 Å². The van der Waals surface area contributed by atoms with Crippen molar-refractivity contribution in [1.82, 2.24) is 15.3 Å². The maximum atomic E-state index is 14.2. The molecule has 3 N–H and O–H groups in total. The van der Waals surface area contributed by atoms with E-state index in [0.717, 1.165) is 31.6 Å². The number of nitrogens with two attached hydrogens (primary N) is 1. The molecule has 1 aromatic heterocycles. The average Bonchev–Trinajstić information content (AvgIpc) is 2.70. The lowest BCUT2D eigenvalue weighted by molar-refractivity contribution is 0.0595. The summed E-state index contributed by atoms with van der Waals surface area (Å²) in [7, 11) is 1.21. The second-order valence-corrected chi connectivity index (χ2v) is 5.76. The smallest absolute Gasteiger partial charge is 0.340 e. The molecule has 1 aromatic carbocycles. The molecule has 0 bridgehead atoms. The number of piperidine rings is 1. The molecule has 27 heavy (non-hydrogen) atoms. The number of rotatable bonds is 3. The van der Waals surface area contributed by atoms with Crippen molar-refractivity contribution in [3.05, 3.63) is 41.5 Å². The van der Waals surface area contributed by atoms with Gasteiger partial charge in [0.25, 0.3) is 0 Å². The van der Waals surface area contributed by atoms with E-state index in [9.17, 15) is 9.18 Å². The average molecular weight is 376 g/mol. The van der Waals surface area contributed by atoms with Gasteiger partial charge in [-0.3, -0.25) is 0 Å². The maximum absolute atomic E-state index is 14.2. The Morgan fingerprint density at radius 2 is 2.11 bits per heavy atom. The van der Waals surface area contributed by atoms with E-state index in [1.54, 1.807) is 12.3 Å². The molecule has 7 heteroatoms. The van der Waals surface area contributed by atoms with Crippen LogP contribution >= 0.6 is 0 Å². The third kappa shape index (κ3) is 5.23. The molecule has 1 unspecified atom stereocenters. The third-order valence-electron chi connectivity index (χ3n) is 4.18. The number of nitrogens with one attached hydrogen (secondary N) is 1. The molecule has 0 spiro atoms. The molecule has 0 radical (unpaired) electrons. The van der Waals surface area contributed by atoms with Crippen molar-refractivity contribution in [1.29, 1.82) is 0 Å². The number of ether oxygens (including phenoxy) is 1. The molecular formula is C20H29FN4O2. The van der Waals surface area contributed by atoms with E-state index in [1.165, 1.54) is 19.2 Å². The highest BCUT2D eigenvalue weighted by Gasteiger charge is 2.20. The highest BCUT2D eigenvalue weighted by molar-refractivity contribution is 5.90. The lowest BCUT2D eigenvalue weighted by Gasteiger charge is -2.22. The summed E-state index contributed by atoms with van der Waals surface area (Å²) in [6.45, 7) is 5.85. The summed E-state index contributed by atoms with van der Waals surface area (Å²) in [6.07, 6.45) is 3.78. The number of nitrogen functional groups attached to an aromatic ring is 1. The number of carbonyl (C=O) groups excluding carboxylic acids is 1. The van der Waals surface area contributed by atoms with Gasteiger partial charge >= 0.3 is 5.97 Å². The number of aromatic nitrogens is 2. The second-order valence-electron chi connectivity index (χ2n) is 5.76. The molecule has 1 atom stereocenters. The Balaban J connectivity index is 0.00000118. The highest BCUT2D eigenvalue weighted by atomic mass is 19.1. The zero-order valence-electron chi connectivity index (χ0n) is 15.4. The van der Waals surface area contributed by atoms with Gasteiger partial charge in [0.05, 0.1) is 24.6 Å². The van der Waals surface area contributed by atoms with Gasteiger partial charge in [0.15, 0.2) is 0 Å². The van der Waals surface area contributed by atoms with Crippen LogP contribution < -0.4 is 11.1 Å². The van der Waals surface area contributed by atoms with Gasteiger partial charge in [-0.05, 0) is 31.5 Å². The third-order valence-corrected chi connectivity index (χ3v) is 4.18. The van der Waals surface area contributed by atoms with E-state index in [1.807, 2.05) is 13.8 Å². The molecule has 6 nitrogen and oxygen atoms in total. The normalized spacial score (nSPS) is 15.8. The Kier molecular flexibility index (Phi) is 8.81. The summed E-state index contributed by atoms with van der Waals surface area (Å²) in [5, 5.41) is 3.33. The molecule has 0 amide bonds. The van der Waals surface area contributed by atoms with Crippen LogP contribution in [-0.2, 0) is 4.74 Å². The van der Waals surface area contributed by atoms with E-state index in [2.05, 4.69) is 20.0 Å². The molecule has 148 valence electrons. The van der Waals surface area contributed by atoms with Crippen LogP contribution in [-0.4, -0.2) is 36.1 Å². The maximum Gasteiger partial charge on any atom is 0.340 e. The summed E-state index contributed by atoms with van der Waals surface area (Å²) in [4.78, 5) is 20.3. The number of carbonyl (C=O) groups is 1. The van der Waals surface area contributed by atoms with E-state index in [0.29, 0.717) is 11.3 Å². The minimum Gasteiger partial charge on any atom is -0.465 e. The lowest BCUT2D eigenvalue weighted by Crippen LogP contribution is -2.29. The Morgan fingerprint density at radius 3 is 2.70 bits per heavy atom. The number of methoxy groups -OCH3 is 1. The number of hydrogen-bond acceptors (Lipinski definition) is 6. The number of anilines is 1. The van der Waals surface area contributed by atoms with Gasteiger partial charge < -0.3 is 15.8 Å². The summed E-state index contributed by atoms with van der Waals surface area (Å²) in [6, 6.07) is 4.20. The number of halogens is 1. The van der Waals surface area contributed by atoms with Crippen LogP contribution in [0.25, 0.3) is 11.3 Å². The van der Waals surface area contributed by atoms with Crippen LogP contribution in [0.3, 0.4) is 0 Å². The van der Waals surface area contributed by atoms with Gasteiger partial charge in [-0.1, -0.05) is 27.3 Å². The SMILES string of the molecule is C.CC.COC(=O)c1ccc(-c2nc(C3CCCNC3)cnc2N)cc1F. The van der Waals surface area contributed by atoms with Gasteiger partial charge in [-0.2, -0.15) is 0 Å². The molecular weight excluding hydrogens is 347 g/mol. The molecule has 0 aliphatic carbocycles. The van der Waals surface area contributed by atoms with Crippen LogP contribution in [0.4, 0.5) is 10.2 Å². The van der Waals surface area contributed by atoms with E-state index in [4.69, 9.17) is 5.73 Å². The Bertz CT molecular complexity index is 762. The first-order valence-electron chi connectivity index (χ1n) is 8.81. The molecule has 1 aliphatic rings. The molecule has 2 heterocycles. The van der Waals surface area contributed by atoms with Gasteiger partial charge in [-0.25, -0.2) is 19.2 Å². The van der Waals surface area contributed by atoms with Crippen molar-refractivity contribution >= 4 is 11.8 Å². The summed E-state index contributed by atoms with van der Waals surface area (Å²) >= 11 is 0. The summed E-state index contributed by atoms with van der Waals surface area (Å²) in [5.74, 6) is -0.900. The fourth-order valence-electron chi connectivity index (χ4n) is 2.86. The van der Waals surface area contributed by atoms with Crippen LogP contribution in [0.5, 0.6) is 0 Å². The molecule has 2 aromatic rings. The zero-order valence-corrected chi connectivity index (χ0v) is 15.4. The van der Waals surface area contributed by atoms with Crippen LogP contribution in [0.1, 0.15) is 56.1 Å². The molecule has 3 rings (SSSR count). The standard InChI is InChI=1S/C17H19FN4O2.C2H6.CH4/c1-24-17(23)12-5-4-10(7-13(12)18)15-16(19)21-9-14(22-15)11-3-2-6-20-8-11;1-2;/h4-5,7,9,11,20H,2-3,6,8H2,1H3,(H2,19,21);1-2H3;1H4. The van der Waals surface area contributed by atoms with Crippen molar-refractivity contribution in [2.45, 2.75) is 40.0 Å². The van der Waals surface area contributed by atoms with Gasteiger partial charge in [0.2, 0.25) is 0 Å². The molecule has 1 fully saturated rings. The van der Waals surface area contributed by atoms with Crippen molar-refractivity contribution in [2.24, 2.45) is 0 Å². The van der Waals surface area contributed by atoms with Crippen LogP contribution in [0, 0.1) is 5.82 Å². The Hall–Kier alpha value is -2.54. The van der Waals surface area contributed by atoms with Crippen LogP contribution in [0.15, 0.2) is 24.4 Å². The van der Waals surface area contributed by atoms with Crippen molar-refractivity contribution in [3.63, 3.8) is 0 Å². The fourth-order valence-corrected chi connectivity index (χ4v) is 2.86. The zero-order chi connectivity index (χ0) is 19.1. The second kappa shape index (κ2) is 10.6. The predicted octanol–water partition coefficient (Wildman–Crippen LogP) is 3.78. The summed E-state index contributed by atoms with van der Waals surface area (Å²) in [5.41, 5.74) is 7.54. The minimum absolute atomic E-state index is 0. The number of benzene rings is 1. The largest absolute Gasteiger partial charge is 0.465 e. The molecule has 0 saturated carbocycles. The van der Waals surface area contributed by atoms with E-state index in [-0.39, 0.29) is 24.7 Å². The monoisotopic (exact) mass is 376 g/mol. The van der Waals surface area contributed by atoms with Crippen molar-refractivity contribution in [2.75, 3.05) is 25.9 Å².